The molecule has 0 radical (unpaired) electrons. The number of furan rings is 1. The molecule has 0 aliphatic carbocycles. The molecule has 1 aliphatic heterocycles. The number of carbonyl (C=O) groups excluding carboxylic acids is 2. The summed E-state index contributed by atoms with van der Waals surface area (Å²) in [6.45, 7) is 7.74. The molecule has 2 aromatic rings. The fraction of sp³-hybridized carbons (Fsp3) is 0.462. The smallest absolute Gasteiger partial charge is 0.295 e. The Labute approximate surface area is 204 Å². The lowest BCUT2D eigenvalue weighted by Gasteiger charge is -2.26. The monoisotopic (exact) mass is 516 g/mol. The van der Waals surface area contributed by atoms with E-state index >= 15 is 0 Å². The van der Waals surface area contributed by atoms with Crippen LogP contribution >= 0.6 is 15.9 Å². The van der Waals surface area contributed by atoms with Gasteiger partial charge in [-0.25, -0.2) is 0 Å². The number of halogens is 1. The zero-order valence-electron chi connectivity index (χ0n) is 19.4. The van der Waals surface area contributed by atoms with Crippen LogP contribution in [0.1, 0.15) is 63.3 Å². The van der Waals surface area contributed by atoms with Gasteiger partial charge in [-0.1, -0.05) is 54.8 Å². The molecule has 1 aromatic heterocycles. The number of unbranched alkanes of at least 4 members (excludes halogenated alkanes) is 2. The summed E-state index contributed by atoms with van der Waals surface area (Å²) in [5.74, 6) is -0.978. The van der Waals surface area contributed by atoms with Crippen LogP contribution in [0, 0.1) is 0 Å². The molecule has 33 heavy (non-hydrogen) atoms. The number of aliphatic hydroxyl groups is 1. The highest BCUT2D eigenvalue weighted by atomic mass is 79.9. The third-order valence-electron chi connectivity index (χ3n) is 6.00. The van der Waals surface area contributed by atoms with Crippen LogP contribution in [-0.2, 0) is 9.59 Å². The maximum absolute atomic E-state index is 13.0. The largest absolute Gasteiger partial charge is 0.507 e. The van der Waals surface area contributed by atoms with Crippen LogP contribution in [0.5, 0.6) is 0 Å². The Morgan fingerprint density at radius 3 is 2.24 bits per heavy atom. The number of rotatable bonds is 12. The summed E-state index contributed by atoms with van der Waals surface area (Å²) in [5, 5.41) is 11.0. The number of aliphatic hydroxyl groups excluding tert-OH is 1. The molecule has 3 rings (SSSR count). The number of amides is 1. The Hall–Kier alpha value is -2.38. The van der Waals surface area contributed by atoms with Gasteiger partial charge >= 0.3 is 0 Å². The van der Waals surface area contributed by atoms with Gasteiger partial charge in [0, 0.05) is 16.6 Å². The van der Waals surface area contributed by atoms with E-state index in [1.807, 2.05) is 0 Å². The highest BCUT2D eigenvalue weighted by molar-refractivity contribution is 9.10. The van der Waals surface area contributed by atoms with Crippen molar-refractivity contribution in [3.8, 4) is 0 Å². The predicted molar refractivity (Wildman–Crippen MR) is 133 cm³/mol. The Morgan fingerprint density at radius 2 is 1.67 bits per heavy atom. The summed E-state index contributed by atoms with van der Waals surface area (Å²) in [6, 6.07) is 9.74. The lowest BCUT2D eigenvalue weighted by Crippen LogP contribution is -2.34. The molecule has 1 aliphatic rings. The van der Waals surface area contributed by atoms with Crippen molar-refractivity contribution in [2.75, 3.05) is 26.2 Å². The number of ketones is 1. The summed E-state index contributed by atoms with van der Waals surface area (Å²) < 4.78 is 6.46. The Balaban J connectivity index is 1.83. The van der Waals surface area contributed by atoms with E-state index in [0.717, 1.165) is 56.2 Å². The van der Waals surface area contributed by atoms with Gasteiger partial charge < -0.3 is 19.3 Å². The molecule has 7 heteroatoms. The van der Waals surface area contributed by atoms with Crippen molar-refractivity contribution in [1.82, 2.24) is 9.80 Å². The molecule has 0 saturated carbocycles. The molecule has 0 spiro atoms. The van der Waals surface area contributed by atoms with E-state index < -0.39 is 17.7 Å². The van der Waals surface area contributed by atoms with Gasteiger partial charge in [-0.15, -0.1) is 0 Å². The summed E-state index contributed by atoms with van der Waals surface area (Å²) in [4.78, 5) is 30.0. The molecule has 1 N–H and O–H groups in total. The van der Waals surface area contributed by atoms with Crippen LogP contribution in [0.2, 0.25) is 0 Å². The number of likely N-dealkylation sites (tertiary alicyclic amines) is 1. The van der Waals surface area contributed by atoms with E-state index in [9.17, 15) is 14.7 Å². The third kappa shape index (κ3) is 6.15. The molecule has 1 aromatic carbocycles. The van der Waals surface area contributed by atoms with Crippen LogP contribution in [0.4, 0.5) is 0 Å². The zero-order valence-corrected chi connectivity index (χ0v) is 21.0. The fourth-order valence-corrected chi connectivity index (χ4v) is 4.44. The van der Waals surface area contributed by atoms with Gasteiger partial charge in [0.2, 0.25) is 0 Å². The van der Waals surface area contributed by atoms with Gasteiger partial charge in [0.05, 0.1) is 11.8 Å². The molecule has 6 nitrogen and oxygen atoms in total. The molecule has 1 atom stereocenters. The van der Waals surface area contributed by atoms with Crippen LogP contribution in [0.25, 0.3) is 5.76 Å². The van der Waals surface area contributed by atoms with E-state index in [0.29, 0.717) is 17.9 Å². The van der Waals surface area contributed by atoms with Crippen molar-refractivity contribution in [2.24, 2.45) is 0 Å². The SMILES string of the molecule is CCCCN(CCCC)CCCN1C(=O)C(=O)C(=C(O)c2ccc(Br)cc2)[C@@H]1c1ccco1. The molecule has 0 bridgehead atoms. The predicted octanol–water partition coefficient (Wildman–Crippen LogP) is 5.76. The average molecular weight is 517 g/mol. The number of hydrogen-bond acceptors (Lipinski definition) is 5. The summed E-state index contributed by atoms with van der Waals surface area (Å²) in [6.07, 6.45) is 6.85. The highest BCUT2D eigenvalue weighted by Crippen LogP contribution is 2.39. The molecule has 1 saturated heterocycles. The van der Waals surface area contributed by atoms with Crippen molar-refractivity contribution in [1.29, 1.82) is 0 Å². The number of carbonyl (C=O) groups is 2. The molecule has 0 unspecified atom stereocenters. The standard InChI is InChI=1S/C26H33BrN2O4/c1-3-5-14-28(15-6-4-2)16-8-17-29-23(21-9-7-18-33-21)22(25(31)26(29)32)24(30)19-10-12-20(27)13-11-19/h7,9-13,18,23,30H,3-6,8,14-17H2,1-2H3/t23-/m0/s1. The lowest BCUT2D eigenvalue weighted by atomic mass is 9.99. The first-order valence-electron chi connectivity index (χ1n) is 11.8. The van der Waals surface area contributed by atoms with Crippen LogP contribution < -0.4 is 0 Å². The number of Topliss-reactive ketones (excluding diaryl/α,β-unsaturated/α-hetero) is 1. The number of hydrogen-bond donors (Lipinski definition) is 1. The first-order chi connectivity index (χ1) is 16.0. The van der Waals surface area contributed by atoms with Crippen molar-refractivity contribution < 1.29 is 19.1 Å². The molecule has 2 heterocycles. The third-order valence-corrected chi connectivity index (χ3v) is 6.53. The number of nitrogens with zero attached hydrogens (tertiary/aromatic N) is 2. The van der Waals surface area contributed by atoms with Crippen molar-refractivity contribution in [3.05, 3.63) is 64.0 Å². The van der Waals surface area contributed by atoms with Gasteiger partial charge in [0.1, 0.15) is 17.6 Å². The minimum Gasteiger partial charge on any atom is -0.507 e. The summed E-state index contributed by atoms with van der Waals surface area (Å²) >= 11 is 3.38. The average Bonchev–Trinajstić information content (AvgIpc) is 3.43. The van der Waals surface area contributed by atoms with E-state index in [1.54, 1.807) is 41.3 Å². The van der Waals surface area contributed by atoms with Crippen molar-refractivity contribution in [2.45, 2.75) is 52.0 Å². The van der Waals surface area contributed by atoms with E-state index in [2.05, 4.69) is 34.7 Å². The molecule has 178 valence electrons. The van der Waals surface area contributed by atoms with Crippen molar-refractivity contribution >= 4 is 33.4 Å². The second-order valence-corrected chi connectivity index (χ2v) is 9.33. The first-order valence-corrected chi connectivity index (χ1v) is 12.6. The lowest BCUT2D eigenvalue weighted by molar-refractivity contribution is -0.140. The molecule has 1 amide bonds. The Kier molecular flexibility index (Phi) is 9.32. The van der Waals surface area contributed by atoms with Gasteiger partial charge in [0.15, 0.2) is 0 Å². The Bertz CT molecular complexity index is 945. The second kappa shape index (κ2) is 12.2. The molecule has 1 fully saturated rings. The maximum atomic E-state index is 13.0. The minimum atomic E-state index is -0.733. The maximum Gasteiger partial charge on any atom is 0.295 e. The van der Waals surface area contributed by atoms with E-state index in [1.165, 1.54) is 6.26 Å². The van der Waals surface area contributed by atoms with E-state index in [4.69, 9.17) is 4.42 Å². The quantitative estimate of drug-likeness (QED) is 0.220. The van der Waals surface area contributed by atoms with Gasteiger partial charge in [0.25, 0.3) is 11.7 Å². The number of benzene rings is 1. The van der Waals surface area contributed by atoms with E-state index in [-0.39, 0.29) is 11.3 Å². The van der Waals surface area contributed by atoms with Crippen LogP contribution in [0.3, 0.4) is 0 Å². The normalized spacial score (nSPS) is 17.9. The highest BCUT2D eigenvalue weighted by Gasteiger charge is 2.47. The first kappa shape index (κ1) is 25.2. The van der Waals surface area contributed by atoms with Crippen molar-refractivity contribution in [3.63, 3.8) is 0 Å². The van der Waals surface area contributed by atoms with Gasteiger partial charge in [-0.05, 0) is 63.2 Å². The van der Waals surface area contributed by atoms with Gasteiger partial charge in [-0.3, -0.25) is 9.59 Å². The topological polar surface area (TPSA) is 74.0 Å². The summed E-state index contributed by atoms with van der Waals surface area (Å²) in [5.41, 5.74) is 0.559. The Morgan fingerprint density at radius 1 is 1.03 bits per heavy atom. The fourth-order valence-electron chi connectivity index (χ4n) is 4.18. The van der Waals surface area contributed by atoms with Gasteiger partial charge in [-0.2, -0.15) is 0 Å². The minimum absolute atomic E-state index is 0.0751. The second-order valence-electron chi connectivity index (χ2n) is 8.42. The van der Waals surface area contributed by atoms with Crippen LogP contribution in [-0.4, -0.2) is 52.8 Å². The zero-order chi connectivity index (χ0) is 23.8. The molecular weight excluding hydrogens is 484 g/mol. The summed E-state index contributed by atoms with van der Waals surface area (Å²) in [7, 11) is 0. The molecular formula is C26H33BrN2O4. The van der Waals surface area contributed by atoms with Crippen LogP contribution in [0.15, 0.2) is 57.1 Å².